The van der Waals surface area contributed by atoms with E-state index in [2.05, 4.69) is 5.18 Å². The monoisotopic (exact) mass is 157 g/mol. The summed E-state index contributed by atoms with van der Waals surface area (Å²) in [5.74, 6) is 0.460. The standard InChI is InChI=1S/C7H16BNO2/c1-5(4-10)3-7(9-11)6(2)8/h5-7,10H,3-4,8H2,1-2H3/t5-,6-,7?/m1/s1. The van der Waals surface area contributed by atoms with Crippen LogP contribution < -0.4 is 0 Å². The molecule has 0 amide bonds. The maximum Gasteiger partial charge on any atom is 0.107 e. The Morgan fingerprint density at radius 3 is 2.36 bits per heavy atom. The van der Waals surface area contributed by atoms with Gasteiger partial charge < -0.3 is 5.11 Å². The summed E-state index contributed by atoms with van der Waals surface area (Å²) in [6.07, 6.45) is 0.692. The highest BCUT2D eigenvalue weighted by atomic mass is 16.3. The van der Waals surface area contributed by atoms with Crippen LogP contribution in [0.5, 0.6) is 0 Å². The lowest BCUT2D eigenvalue weighted by Gasteiger charge is -2.15. The molecule has 0 fully saturated rings. The summed E-state index contributed by atoms with van der Waals surface area (Å²) < 4.78 is 0. The van der Waals surface area contributed by atoms with Crippen LogP contribution in [0.2, 0.25) is 5.82 Å². The minimum atomic E-state index is -0.142. The van der Waals surface area contributed by atoms with E-state index in [1.54, 1.807) is 0 Å². The van der Waals surface area contributed by atoms with Gasteiger partial charge in [-0.15, -0.1) is 0 Å². The first-order valence-electron chi connectivity index (χ1n) is 4.05. The Morgan fingerprint density at radius 1 is 1.55 bits per heavy atom. The number of hydrogen-bond donors (Lipinski definition) is 1. The van der Waals surface area contributed by atoms with Crippen LogP contribution in [0.1, 0.15) is 20.3 Å². The third kappa shape index (κ3) is 4.14. The lowest BCUT2D eigenvalue weighted by Crippen LogP contribution is -2.16. The molecule has 0 saturated heterocycles. The molecule has 0 radical (unpaired) electrons. The minimum absolute atomic E-state index is 0.138. The smallest absolute Gasteiger partial charge is 0.107 e. The Balaban J connectivity index is 3.77. The molecule has 3 atom stereocenters. The van der Waals surface area contributed by atoms with Crippen LogP contribution in [0.15, 0.2) is 5.18 Å². The molecule has 64 valence electrons. The lowest BCUT2D eigenvalue weighted by atomic mass is 9.80. The molecular weight excluding hydrogens is 141 g/mol. The van der Waals surface area contributed by atoms with Crippen molar-refractivity contribution in [1.29, 1.82) is 0 Å². The van der Waals surface area contributed by atoms with E-state index in [1.807, 2.05) is 21.7 Å². The summed E-state index contributed by atoms with van der Waals surface area (Å²) in [4.78, 5) is 10.3. The van der Waals surface area contributed by atoms with Crippen molar-refractivity contribution >= 4 is 7.85 Å². The van der Waals surface area contributed by atoms with Crippen LogP contribution in [-0.4, -0.2) is 25.6 Å². The summed E-state index contributed by atoms with van der Waals surface area (Å²) in [6, 6.07) is -0.142. The molecule has 0 aliphatic rings. The Labute approximate surface area is 68.6 Å². The highest BCUT2D eigenvalue weighted by Gasteiger charge is 2.16. The second kappa shape index (κ2) is 5.30. The molecule has 1 N–H and O–H groups in total. The third-order valence-electron chi connectivity index (χ3n) is 1.86. The Hall–Kier alpha value is -0.375. The zero-order chi connectivity index (χ0) is 8.85. The van der Waals surface area contributed by atoms with Crippen LogP contribution in [0.3, 0.4) is 0 Å². The maximum absolute atomic E-state index is 10.3. The van der Waals surface area contributed by atoms with Crippen LogP contribution in [0.4, 0.5) is 0 Å². The molecule has 0 heterocycles. The second-order valence-electron chi connectivity index (χ2n) is 3.44. The SMILES string of the molecule is B[C@H](C)C(C[C@@H](C)CO)N=O. The molecule has 0 aromatic rings. The van der Waals surface area contributed by atoms with Gasteiger partial charge in [-0.3, -0.25) is 0 Å². The molecule has 0 bridgehead atoms. The Morgan fingerprint density at radius 2 is 2.09 bits per heavy atom. The van der Waals surface area contributed by atoms with Gasteiger partial charge in [0.25, 0.3) is 0 Å². The third-order valence-corrected chi connectivity index (χ3v) is 1.86. The summed E-state index contributed by atoms with van der Waals surface area (Å²) in [5, 5.41) is 11.7. The summed E-state index contributed by atoms with van der Waals surface area (Å²) >= 11 is 0. The molecule has 4 heteroatoms. The molecular formula is C7H16BNO2. The van der Waals surface area contributed by atoms with Crippen LogP contribution in [-0.2, 0) is 0 Å². The van der Waals surface area contributed by atoms with Gasteiger partial charge in [-0.1, -0.05) is 19.0 Å². The van der Waals surface area contributed by atoms with Gasteiger partial charge in [0.1, 0.15) is 7.85 Å². The molecule has 11 heavy (non-hydrogen) atoms. The summed E-state index contributed by atoms with van der Waals surface area (Å²) in [7, 11) is 1.97. The number of aliphatic hydroxyl groups excluding tert-OH is 1. The largest absolute Gasteiger partial charge is 0.396 e. The van der Waals surface area contributed by atoms with E-state index in [1.165, 1.54) is 0 Å². The highest BCUT2D eigenvalue weighted by molar-refractivity contribution is 6.11. The van der Waals surface area contributed by atoms with Crippen molar-refractivity contribution < 1.29 is 5.11 Å². The predicted octanol–water partition coefficient (Wildman–Crippen LogP) is 0.581. The van der Waals surface area contributed by atoms with Gasteiger partial charge in [0.2, 0.25) is 0 Å². The van der Waals surface area contributed by atoms with Crippen LogP contribution in [0.25, 0.3) is 0 Å². The quantitative estimate of drug-likeness (QED) is 0.468. The highest BCUT2D eigenvalue weighted by Crippen LogP contribution is 2.17. The average molecular weight is 157 g/mol. The summed E-state index contributed by atoms with van der Waals surface area (Å²) in [5.41, 5.74) is 0. The van der Waals surface area contributed by atoms with Crippen molar-refractivity contribution in [3.8, 4) is 0 Å². The van der Waals surface area contributed by atoms with Gasteiger partial charge in [0.05, 0.1) is 6.04 Å². The van der Waals surface area contributed by atoms with E-state index in [0.29, 0.717) is 6.42 Å². The van der Waals surface area contributed by atoms with Gasteiger partial charge >= 0.3 is 0 Å². The van der Waals surface area contributed by atoms with Crippen molar-refractivity contribution in [3.05, 3.63) is 4.91 Å². The van der Waals surface area contributed by atoms with Crippen molar-refractivity contribution in [2.24, 2.45) is 11.1 Å². The molecule has 0 saturated carbocycles. The van der Waals surface area contributed by atoms with Crippen molar-refractivity contribution in [1.82, 2.24) is 0 Å². The fourth-order valence-corrected chi connectivity index (χ4v) is 0.924. The summed E-state index contributed by atoms with van der Waals surface area (Å²) in [6.45, 7) is 4.02. The molecule has 0 aromatic heterocycles. The molecule has 0 rings (SSSR count). The molecule has 1 unspecified atom stereocenters. The topological polar surface area (TPSA) is 49.7 Å². The van der Waals surface area contributed by atoms with E-state index in [4.69, 9.17) is 5.11 Å². The van der Waals surface area contributed by atoms with E-state index in [9.17, 15) is 4.91 Å². The average Bonchev–Trinajstić information content (AvgIpc) is 1.99. The van der Waals surface area contributed by atoms with Crippen LogP contribution >= 0.6 is 0 Å². The van der Waals surface area contributed by atoms with E-state index >= 15 is 0 Å². The first kappa shape index (κ1) is 10.6. The molecule has 0 spiro atoms. The van der Waals surface area contributed by atoms with Gasteiger partial charge in [-0.05, 0) is 18.2 Å². The van der Waals surface area contributed by atoms with Crippen molar-refractivity contribution in [3.63, 3.8) is 0 Å². The maximum atomic E-state index is 10.3. The lowest BCUT2D eigenvalue weighted by molar-refractivity contribution is 0.222. The van der Waals surface area contributed by atoms with Crippen molar-refractivity contribution in [2.45, 2.75) is 32.1 Å². The number of nitroso groups, excluding NO2 is 1. The molecule has 3 nitrogen and oxygen atoms in total. The molecule has 0 aromatic carbocycles. The normalized spacial score (nSPS) is 18.8. The Bertz CT molecular complexity index is 119. The van der Waals surface area contributed by atoms with E-state index in [0.717, 1.165) is 0 Å². The van der Waals surface area contributed by atoms with Crippen LogP contribution in [0, 0.1) is 10.8 Å². The van der Waals surface area contributed by atoms with Gasteiger partial charge in [-0.2, -0.15) is 4.91 Å². The van der Waals surface area contributed by atoms with Crippen molar-refractivity contribution in [2.75, 3.05) is 6.61 Å². The van der Waals surface area contributed by atoms with E-state index < -0.39 is 0 Å². The molecule has 0 aliphatic heterocycles. The first-order chi connectivity index (χ1) is 5.11. The van der Waals surface area contributed by atoms with Gasteiger partial charge in [0, 0.05) is 6.61 Å². The number of aliphatic hydroxyl groups is 1. The molecule has 0 aliphatic carbocycles. The zero-order valence-corrected chi connectivity index (χ0v) is 7.45. The Kier molecular flexibility index (Phi) is 5.12. The fraction of sp³-hybridized carbons (Fsp3) is 1.00. The second-order valence-corrected chi connectivity index (χ2v) is 3.44. The number of hydrogen-bond acceptors (Lipinski definition) is 3. The zero-order valence-electron chi connectivity index (χ0n) is 7.45. The fourth-order valence-electron chi connectivity index (χ4n) is 0.924. The number of nitrogens with zero attached hydrogens (tertiary/aromatic N) is 1. The first-order valence-corrected chi connectivity index (χ1v) is 4.05. The van der Waals surface area contributed by atoms with Gasteiger partial charge in [-0.25, -0.2) is 0 Å². The predicted molar refractivity (Wildman–Crippen MR) is 48.4 cm³/mol. The van der Waals surface area contributed by atoms with Gasteiger partial charge in [0.15, 0.2) is 0 Å². The van der Waals surface area contributed by atoms with E-state index in [-0.39, 0.29) is 24.4 Å². The number of rotatable bonds is 5. The minimum Gasteiger partial charge on any atom is -0.396 e.